The standard InChI is InChI=1S/C6H10N4O2/c11-6-5-10(8-12-6)9-3-1-7-2-4-9/h5,7H,1-4H2/p+1. The third kappa shape index (κ3) is 1.33. The van der Waals surface area contributed by atoms with Gasteiger partial charge in [-0.05, 0) is 0 Å². The average molecular weight is 171 g/mol. The molecular weight excluding hydrogens is 160 g/mol. The van der Waals surface area contributed by atoms with E-state index in [0.29, 0.717) is 0 Å². The fourth-order valence-corrected chi connectivity index (χ4v) is 1.25. The number of aromatic amines is 1. The summed E-state index contributed by atoms with van der Waals surface area (Å²) in [6.45, 7) is 3.61. The lowest BCUT2D eigenvalue weighted by molar-refractivity contribution is -0.758. The van der Waals surface area contributed by atoms with Crippen molar-refractivity contribution in [2.24, 2.45) is 0 Å². The summed E-state index contributed by atoms with van der Waals surface area (Å²) < 4.78 is 4.54. The molecule has 0 aliphatic carbocycles. The monoisotopic (exact) mass is 171 g/mol. The minimum atomic E-state index is -0.353. The largest absolute Gasteiger partial charge is 0.430 e. The molecule has 1 fully saturated rings. The molecule has 0 amide bonds. The van der Waals surface area contributed by atoms with E-state index >= 15 is 0 Å². The maximum absolute atomic E-state index is 10.7. The fourth-order valence-electron chi connectivity index (χ4n) is 1.25. The number of piperazine rings is 1. The van der Waals surface area contributed by atoms with Gasteiger partial charge in [0, 0.05) is 23.2 Å². The van der Waals surface area contributed by atoms with Crippen LogP contribution in [0.4, 0.5) is 0 Å². The van der Waals surface area contributed by atoms with Gasteiger partial charge in [0.05, 0.1) is 13.1 Å². The van der Waals surface area contributed by atoms with Gasteiger partial charge in [0.15, 0.2) is 0 Å². The molecule has 2 rings (SSSR count). The van der Waals surface area contributed by atoms with Crippen LogP contribution in [0.1, 0.15) is 0 Å². The van der Waals surface area contributed by atoms with Crippen LogP contribution < -0.4 is 20.7 Å². The zero-order valence-electron chi connectivity index (χ0n) is 6.62. The second-order valence-electron chi connectivity index (χ2n) is 2.69. The number of nitrogens with zero attached hydrogens (tertiary/aromatic N) is 2. The van der Waals surface area contributed by atoms with E-state index in [0.717, 1.165) is 26.2 Å². The van der Waals surface area contributed by atoms with Crippen LogP contribution in [0.25, 0.3) is 0 Å². The van der Waals surface area contributed by atoms with E-state index in [2.05, 4.69) is 15.1 Å². The highest BCUT2D eigenvalue weighted by Gasteiger charge is 2.19. The first kappa shape index (κ1) is 7.35. The summed E-state index contributed by atoms with van der Waals surface area (Å²) in [6, 6.07) is 0. The number of hydrogen-bond acceptors (Lipinski definition) is 4. The molecule has 1 aliphatic heterocycles. The summed E-state index contributed by atoms with van der Waals surface area (Å²) in [4.78, 5) is 12.3. The van der Waals surface area contributed by atoms with E-state index in [4.69, 9.17) is 0 Å². The van der Waals surface area contributed by atoms with Crippen LogP contribution in [0.3, 0.4) is 0 Å². The zero-order chi connectivity index (χ0) is 8.39. The number of H-pyrrole nitrogens is 1. The van der Waals surface area contributed by atoms with Gasteiger partial charge in [-0.15, -0.1) is 0 Å². The van der Waals surface area contributed by atoms with Crippen LogP contribution in [-0.2, 0) is 0 Å². The van der Waals surface area contributed by atoms with Crippen LogP contribution in [-0.4, -0.2) is 31.5 Å². The van der Waals surface area contributed by atoms with E-state index in [1.165, 1.54) is 6.20 Å². The van der Waals surface area contributed by atoms with E-state index in [1.54, 1.807) is 4.79 Å². The van der Waals surface area contributed by atoms with Crippen LogP contribution in [0.15, 0.2) is 15.5 Å². The van der Waals surface area contributed by atoms with Gasteiger partial charge >= 0.3 is 11.8 Å². The van der Waals surface area contributed by atoms with Crippen molar-refractivity contribution in [3.63, 3.8) is 0 Å². The van der Waals surface area contributed by atoms with Gasteiger partial charge in [0.2, 0.25) is 0 Å². The molecule has 2 heterocycles. The molecule has 0 unspecified atom stereocenters. The Morgan fingerprint density at radius 1 is 1.50 bits per heavy atom. The Hall–Kier alpha value is -1.30. The van der Waals surface area contributed by atoms with Crippen molar-refractivity contribution >= 4 is 0 Å². The summed E-state index contributed by atoms with van der Waals surface area (Å²) in [7, 11) is 0. The number of hydrogen-bond donors (Lipinski definition) is 2. The molecular formula is C6H11N4O2+. The lowest BCUT2D eigenvalue weighted by Crippen LogP contribution is -2.65. The van der Waals surface area contributed by atoms with Crippen LogP contribution in [0.2, 0.25) is 0 Å². The summed E-state index contributed by atoms with van der Waals surface area (Å²) in [6.07, 6.45) is 1.39. The molecule has 12 heavy (non-hydrogen) atoms. The normalized spacial score (nSPS) is 18.2. The van der Waals surface area contributed by atoms with E-state index < -0.39 is 0 Å². The Morgan fingerprint density at radius 2 is 2.25 bits per heavy atom. The SMILES string of the molecule is O=c1c[n+](N2CCNCC2)[nH]o1. The Kier molecular flexibility index (Phi) is 1.83. The van der Waals surface area contributed by atoms with Gasteiger partial charge in [0.25, 0.3) is 0 Å². The topological polar surface area (TPSA) is 65.2 Å². The molecule has 2 N–H and O–H groups in total. The number of nitrogens with one attached hydrogen (secondary N) is 2. The second-order valence-corrected chi connectivity index (χ2v) is 2.69. The molecule has 1 aliphatic rings. The first-order valence-corrected chi connectivity index (χ1v) is 3.92. The van der Waals surface area contributed by atoms with Crippen LogP contribution >= 0.6 is 0 Å². The van der Waals surface area contributed by atoms with Gasteiger partial charge in [-0.2, -0.15) is 5.01 Å². The fraction of sp³-hybridized carbons (Fsp3) is 0.667. The predicted octanol–water partition coefficient (Wildman–Crippen LogP) is -2.20. The predicted molar refractivity (Wildman–Crippen MR) is 40.3 cm³/mol. The van der Waals surface area contributed by atoms with Gasteiger partial charge in [-0.3, -0.25) is 4.52 Å². The number of rotatable bonds is 1. The highest BCUT2D eigenvalue weighted by atomic mass is 16.5. The molecule has 6 heteroatoms. The molecule has 1 aromatic rings. The first-order valence-electron chi connectivity index (χ1n) is 3.92. The van der Waals surface area contributed by atoms with E-state index in [9.17, 15) is 4.79 Å². The maximum atomic E-state index is 10.7. The molecule has 0 saturated carbocycles. The highest BCUT2D eigenvalue weighted by Crippen LogP contribution is 1.80. The molecule has 0 spiro atoms. The quantitative estimate of drug-likeness (QED) is 0.470. The first-order chi connectivity index (χ1) is 5.86. The highest BCUT2D eigenvalue weighted by molar-refractivity contribution is 4.77. The third-order valence-electron chi connectivity index (χ3n) is 1.87. The Labute approximate surface area is 68.7 Å². The Morgan fingerprint density at radius 3 is 2.83 bits per heavy atom. The van der Waals surface area contributed by atoms with Gasteiger partial charge < -0.3 is 5.32 Å². The van der Waals surface area contributed by atoms with Crippen molar-refractivity contribution in [2.45, 2.75) is 0 Å². The molecule has 1 aromatic heterocycles. The van der Waals surface area contributed by atoms with Gasteiger partial charge in [-0.1, -0.05) is 0 Å². The maximum Gasteiger partial charge on any atom is 0.430 e. The molecule has 0 bridgehead atoms. The van der Waals surface area contributed by atoms with Crippen molar-refractivity contribution in [2.75, 3.05) is 31.2 Å². The second kappa shape index (κ2) is 2.98. The zero-order valence-corrected chi connectivity index (χ0v) is 6.62. The molecule has 0 radical (unpaired) electrons. The van der Waals surface area contributed by atoms with Crippen molar-refractivity contribution in [3.05, 3.63) is 16.6 Å². The van der Waals surface area contributed by atoms with E-state index in [-0.39, 0.29) is 5.63 Å². The van der Waals surface area contributed by atoms with Crippen molar-refractivity contribution in [1.82, 2.24) is 10.6 Å². The molecule has 66 valence electrons. The molecule has 0 aromatic carbocycles. The lowest BCUT2D eigenvalue weighted by atomic mass is 10.4. The summed E-state index contributed by atoms with van der Waals surface area (Å²) in [5, 5.41) is 7.72. The molecule has 1 saturated heterocycles. The van der Waals surface area contributed by atoms with Crippen LogP contribution in [0.5, 0.6) is 0 Å². The minimum Gasteiger partial charge on any atom is -0.313 e. The van der Waals surface area contributed by atoms with Crippen molar-refractivity contribution in [1.29, 1.82) is 0 Å². The number of aromatic nitrogens is 2. The Bertz CT molecular complexity index is 298. The minimum absolute atomic E-state index is 0.353. The summed E-state index contributed by atoms with van der Waals surface area (Å²) >= 11 is 0. The van der Waals surface area contributed by atoms with Crippen molar-refractivity contribution in [3.8, 4) is 0 Å². The van der Waals surface area contributed by atoms with Crippen molar-refractivity contribution < 1.29 is 9.31 Å². The summed E-state index contributed by atoms with van der Waals surface area (Å²) in [5.41, 5.74) is -0.353. The van der Waals surface area contributed by atoms with Gasteiger partial charge in [0.1, 0.15) is 0 Å². The van der Waals surface area contributed by atoms with Crippen LogP contribution in [0, 0.1) is 0 Å². The average Bonchev–Trinajstić information content (AvgIpc) is 2.54. The summed E-state index contributed by atoms with van der Waals surface area (Å²) in [5.74, 6) is 0. The lowest BCUT2D eigenvalue weighted by Gasteiger charge is -2.19. The van der Waals surface area contributed by atoms with E-state index in [1.807, 2.05) is 5.01 Å². The Balaban J connectivity index is 2.13. The van der Waals surface area contributed by atoms with Gasteiger partial charge in [-0.25, -0.2) is 4.79 Å². The third-order valence-corrected chi connectivity index (χ3v) is 1.87. The molecule has 0 atom stereocenters. The molecule has 6 nitrogen and oxygen atoms in total. The smallest absolute Gasteiger partial charge is 0.313 e.